The number of hydrogen-bond acceptors (Lipinski definition) is 4. The Balaban J connectivity index is 3.38. The Morgan fingerprint density at radius 1 is 1.22 bits per heavy atom. The Kier molecular flexibility index (Phi) is 5.35. The molecule has 1 rings (SSSR count). The van der Waals surface area contributed by atoms with E-state index in [1.807, 2.05) is 0 Å². The number of amides is 1. The Labute approximate surface area is 134 Å². The van der Waals surface area contributed by atoms with Gasteiger partial charge in [0.15, 0.2) is 11.6 Å². The number of methoxy groups -OCH3 is 1. The second kappa shape index (κ2) is 6.52. The number of rotatable bonds is 4. The maximum atomic E-state index is 13.9. The maximum absolute atomic E-state index is 13.9. The average Bonchev–Trinajstić information content (AvgIpc) is 2.46. The predicted octanol–water partition coefficient (Wildman–Crippen LogP) is 3.25. The van der Waals surface area contributed by atoms with E-state index in [2.05, 4.69) is 0 Å². The largest absolute Gasteiger partial charge is 0.493 e. The third-order valence-corrected chi connectivity index (χ3v) is 3.39. The van der Waals surface area contributed by atoms with Crippen LogP contribution in [-0.4, -0.2) is 37.0 Å². The molecule has 0 aromatic heterocycles. The lowest BCUT2D eigenvalue weighted by atomic mass is 9.91. The summed E-state index contributed by atoms with van der Waals surface area (Å²) >= 11 is 0. The lowest BCUT2D eigenvalue weighted by molar-refractivity contribution is -0.117. The van der Waals surface area contributed by atoms with Crippen LogP contribution in [0.15, 0.2) is 12.1 Å². The number of likely N-dealkylation sites (N-methyl/N-ethyl adjacent to an activating group) is 1. The first-order chi connectivity index (χ1) is 10.5. The van der Waals surface area contributed by atoms with E-state index in [9.17, 15) is 18.4 Å². The fourth-order valence-corrected chi connectivity index (χ4v) is 1.97. The van der Waals surface area contributed by atoms with Crippen molar-refractivity contribution in [2.45, 2.75) is 38.8 Å². The molecular formula is C16H21F2NO4. The third-order valence-electron chi connectivity index (χ3n) is 3.39. The van der Waals surface area contributed by atoms with E-state index in [1.165, 1.54) is 20.0 Å². The smallest absolute Gasteiger partial charge is 0.411 e. The Hall–Kier alpha value is -2.18. The molecule has 23 heavy (non-hydrogen) atoms. The van der Waals surface area contributed by atoms with Crippen LogP contribution >= 0.6 is 0 Å². The summed E-state index contributed by atoms with van der Waals surface area (Å²) in [4.78, 5) is 24.9. The first-order valence-electron chi connectivity index (χ1n) is 6.93. The Morgan fingerprint density at radius 3 is 2.22 bits per heavy atom. The van der Waals surface area contributed by atoms with Crippen LogP contribution in [0.1, 0.15) is 33.3 Å². The number of halogens is 2. The normalized spacial score (nSPS) is 13.9. The molecule has 0 fully saturated rings. The van der Waals surface area contributed by atoms with Crippen LogP contribution in [0.25, 0.3) is 0 Å². The van der Waals surface area contributed by atoms with Crippen molar-refractivity contribution >= 4 is 12.4 Å². The van der Waals surface area contributed by atoms with Crippen molar-refractivity contribution in [3.63, 3.8) is 0 Å². The molecule has 0 N–H and O–H groups in total. The first kappa shape index (κ1) is 18.9. The van der Waals surface area contributed by atoms with Gasteiger partial charge in [-0.1, -0.05) is 0 Å². The van der Waals surface area contributed by atoms with Gasteiger partial charge in [0.05, 0.1) is 7.11 Å². The summed E-state index contributed by atoms with van der Waals surface area (Å²) in [5.74, 6) is -2.77. The quantitative estimate of drug-likeness (QED) is 0.796. The van der Waals surface area contributed by atoms with Gasteiger partial charge in [-0.3, -0.25) is 4.90 Å². The number of aldehydes is 1. The molecule has 0 spiro atoms. The Bertz CT molecular complexity index is 613. The summed E-state index contributed by atoms with van der Waals surface area (Å²) in [6, 6.07) is 2.07. The van der Waals surface area contributed by atoms with Gasteiger partial charge in [-0.2, -0.15) is 4.39 Å². The van der Waals surface area contributed by atoms with Gasteiger partial charge >= 0.3 is 6.09 Å². The topological polar surface area (TPSA) is 55.8 Å². The van der Waals surface area contributed by atoms with Crippen molar-refractivity contribution in [2.24, 2.45) is 0 Å². The van der Waals surface area contributed by atoms with Gasteiger partial charge in [0, 0.05) is 12.6 Å². The van der Waals surface area contributed by atoms with Crippen LogP contribution in [0.5, 0.6) is 5.75 Å². The van der Waals surface area contributed by atoms with Crippen LogP contribution in [0, 0.1) is 11.6 Å². The molecule has 0 aliphatic rings. The molecule has 128 valence electrons. The highest BCUT2D eigenvalue weighted by Gasteiger charge is 2.40. The van der Waals surface area contributed by atoms with E-state index in [1.54, 1.807) is 20.8 Å². The average molecular weight is 329 g/mol. The van der Waals surface area contributed by atoms with Crippen molar-refractivity contribution in [2.75, 3.05) is 14.2 Å². The van der Waals surface area contributed by atoms with Crippen LogP contribution in [0.2, 0.25) is 0 Å². The lowest BCUT2D eigenvalue weighted by Crippen LogP contribution is -2.48. The molecule has 1 aromatic rings. The van der Waals surface area contributed by atoms with E-state index in [4.69, 9.17) is 9.47 Å². The minimum Gasteiger partial charge on any atom is -0.493 e. The lowest BCUT2D eigenvalue weighted by Gasteiger charge is -2.36. The van der Waals surface area contributed by atoms with E-state index < -0.39 is 34.6 Å². The van der Waals surface area contributed by atoms with Gasteiger partial charge in [-0.15, -0.1) is 0 Å². The molecule has 0 radical (unpaired) electrons. The molecule has 0 aliphatic carbocycles. The zero-order valence-electron chi connectivity index (χ0n) is 14.1. The molecule has 0 bridgehead atoms. The molecule has 0 heterocycles. The number of carbonyl (C=O) groups excluding carboxylic acids is 2. The van der Waals surface area contributed by atoms with Crippen molar-refractivity contribution < 1.29 is 27.8 Å². The molecule has 1 unspecified atom stereocenters. The van der Waals surface area contributed by atoms with Crippen molar-refractivity contribution in [1.82, 2.24) is 4.90 Å². The highest BCUT2D eigenvalue weighted by molar-refractivity contribution is 5.79. The first-order valence-corrected chi connectivity index (χ1v) is 6.93. The molecule has 0 aliphatic heterocycles. The summed E-state index contributed by atoms with van der Waals surface area (Å²) < 4.78 is 37.4. The molecular weight excluding hydrogens is 308 g/mol. The minimum atomic E-state index is -1.60. The minimum absolute atomic E-state index is 0.0160. The third kappa shape index (κ3) is 3.78. The zero-order chi connectivity index (χ0) is 18.0. The molecule has 7 heteroatoms. The maximum Gasteiger partial charge on any atom is 0.411 e. The standard InChI is InChI=1S/C16H21F2NO4/c1-15(2,3)23-14(21)19(5)16(4,9-20)10-7-8-11(17)12(18)13(10)22-6/h7-9H,1-6H3. The van der Waals surface area contributed by atoms with Crippen molar-refractivity contribution in [3.05, 3.63) is 29.3 Å². The number of benzene rings is 1. The summed E-state index contributed by atoms with van der Waals surface area (Å²) in [5.41, 5.74) is -2.35. The molecule has 0 saturated heterocycles. The molecule has 1 aromatic carbocycles. The van der Waals surface area contributed by atoms with Crippen LogP contribution in [0.3, 0.4) is 0 Å². The van der Waals surface area contributed by atoms with Gasteiger partial charge in [0.2, 0.25) is 5.82 Å². The molecule has 1 atom stereocenters. The fourth-order valence-electron chi connectivity index (χ4n) is 1.97. The van der Waals surface area contributed by atoms with E-state index in [-0.39, 0.29) is 5.56 Å². The number of nitrogens with zero attached hydrogens (tertiary/aromatic N) is 1. The molecule has 5 nitrogen and oxygen atoms in total. The zero-order valence-corrected chi connectivity index (χ0v) is 14.1. The summed E-state index contributed by atoms with van der Waals surface area (Å²) in [5, 5.41) is 0. The Morgan fingerprint density at radius 2 is 1.78 bits per heavy atom. The summed E-state index contributed by atoms with van der Waals surface area (Å²) in [6.45, 7) is 6.42. The summed E-state index contributed by atoms with van der Waals surface area (Å²) in [7, 11) is 2.49. The van der Waals surface area contributed by atoms with Crippen molar-refractivity contribution in [1.29, 1.82) is 0 Å². The van der Waals surface area contributed by atoms with Gasteiger partial charge < -0.3 is 14.3 Å². The fraction of sp³-hybridized carbons (Fsp3) is 0.500. The SMILES string of the molecule is COc1c(C(C)(C=O)N(C)C(=O)OC(C)(C)C)ccc(F)c1F. The predicted molar refractivity (Wildman–Crippen MR) is 80.3 cm³/mol. The van der Waals surface area contributed by atoms with Crippen LogP contribution in [-0.2, 0) is 15.1 Å². The highest BCUT2D eigenvalue weighted by Crippen LogP contribution is 2.36. The second-order valence-electron chi connectivity index (χ2n) is 6.25. The van der Waals surface area contributed by atoms with Crippen molar-refractivity contribution in [3.8, 4) is 5.75 Å². The van der Waals surface area contributed by atoms with Gasteiger partial charge in [0.1, 0.15) is 17.4 Å². The number of hydrogen-bond donors (Lipinski definition) is 0. The van der Waals surface area contributed by atoms with E-state index >= 15 is 0 Å². The highest BCUT2D eigenvalue weighted by atomic mass is 19.2. The number of ether oxygens (including phenoxy) is 2. The van der Waals surface area contributed by atoms with Gasteiger partial charge in [-0.25, -0.2) is 9.18 Å². The van der Waals surface area contributed by atoms with Crippen LogP contribution in [0.4, 0.5) is 13.6 Å². The van der Waals surface area contributed by atoms with Gasteiger partial charge in [-0.05, 0) is 39.8 Å². The van der Waals surface area contributed by atoms with E-state index in [0.29, 0.717) is 6.29 Å². The molecule has 0 saturated carbocycles. The number of carbonyl (C=O) groups is 2. The monoisotopic (exact) mass is 329 g/mol. The summed E-state index contributed by atoms with van der Waals surface area (Å²) in [6.07, 6.45) is -0.328. The van der Waals surface area contributed by atoms with E-state index in [0.717, 1.165) is 18.1 Å². The van der Waals surface area contributed by atoms with Crippen LogP contribution < -0.4 is 4.74 Å². The molecule has 1 amide bonds. The van der Waals surface area contributed by atoms with Gasteiger partial charge in [0.25, 0.3) is 0 Å². The second-order valence-corrected chi connectivity index (χ2v) is 6.25.